The molecule has 1 aromatic heterocycles. The van der Waals surface area contributed by atoms with Crippen molar-refractivity contribution in [2.24, 2.45) is 0 Å². The molecule has 2 heterocycles. The van der Waals surface area contributed by atoms with Crippen molar-refractivity contribution >= 4 is 5.69 Å². The molecule has 4 heteroatoms. The van der Waals surface area contributed by atoms with Gasteiger partial charge in [0, 0.05) is 31.9 Å². The lowest BCUT2D eigenvalue weighted by molar-refractivity contribution is 0.485. The smallest absolute Gasteiger partial charge is 0.0750 e. The number of hydrogen-bond donors (Lipinski definition) is 2. The number of nitrogens with zero attached hydrogens (tertiary/aromatic N) is 2. The van der Waals surface area contributed by atoms with Gasteiger partial charge in [0.2, 0.25) is 0 Å². The molecule has 1 aliphatic rings. The minimum absolute atomic E-state index is 0.577. The van der Waals surface area contributed by atoms with Crippen molar-refractivity contribution in [1.29, 1.82) is 0 Å². The van der Waals surface area contributed by atoms with Crippen LogP contribution < -0.4 is 10.2 Å². The summed E-state index contributed by atoms with van der Waals surface area (Å²) in [5, 5.41) is 10.2. The van der Waals surface area contributed by atoms with Crippen LogP contribution in [0.5, 0.6) is 0 Å². The van der Waals surface area contributed by atoms with Gasteiger partial charge < -0.3 is 10.2 Å². The van der Waals surface area contributed by atoms with E-state index in [1.807, 2.05) is 12.4 Å². The van der Waals surface area contributed by atoms with E-state index in [0.29, 0.717) is 6.04 Å². The molecule has 1 atom stereocenters. The van der Waals surface area contributed by atoms with E-state index in [1.165, 1.54) is 5.69 Å². The largest absolute Gasteiger partial charge is 0.366 e. The van der Waals surface area contributed by atoms with Crippen LogP contribution in [0, 0.1) is 0 Å². The molecule has 1 aromatic rings. The molecule has 0 aromatic carbocycles. The summed E-state index contributed by atoms with van der Waals surface area (Å²) in [5.74, 6) is 0. The molecule has 2 rings (SSSR count). The van der Waals surface area contributed by atoms with E-state index in [4.69, 9.17) is 0 Å². The van der Waals surface area contributed by atoms with Gasteiger partial charge in [-0.25, -0.2) is 0 Å². The van der Waals surface area contributed by atoms with Gasteiger partial charge in [0.25, 0.3) is 0 Å². The maximum Gasteiger partial charge on any atom is 0.0750 e. The molecular weight excluding hydrogens is 152 g/mol. The van der Waals surface area contributed by atoms with E-state index < -0.39 is 0 Å². The average Bonchev–Trinajstić information content (AvgIpc) is 2.56. The van der Waals surface area contributed by atoms with Crippen LogP contribution in [0.1, 0.15) is 6.92 Å². The Morgan fingerprint density at radius 2 is 2.58 bits per heavy atom. The lowest BCUT2D eigenvalue weighted by Crippen LogP contribution is -2.49. The highest BCUT2D eigenvalue weighted by Gasteiger charge is 2.15. The van der Waals surface area contributed by atoms with E-state index in [0.717, 1.165) is 19.6 Å². The first-order chi connectivity index (χ1) is 5.86. The highest BCUT2D eigenvalue weighted by Crippen LogP contribution is 2.12. The molecule has 66 valence electrons. The zero-order valence-electron chi connectivity index (χ0n) is 7.25. The van der Waals surface area contributed by atoms with Crippen LogP contribution >= 0.6 is 0 Å². The van der Waals surface area contributed by atoms with Gasteiger partial charge in [-0.2, -0.15) is 5.10 Å². The maximum absolute atomic E-state index is 3.94. The Hall–Kier alpha value is -1.03. The number of nitrogens with one attached hydrogen (secondary N) is 2. The number of aromatic nitrogens is 2. The second-order valence-corrected chi connectivity index (χ2v) is 3.26. The second kappa shape index (κ2) is 3.15. The Balaban J connectivity index is 2.04. The summed E-state index contributed by atoms with van der Waals surface area (Å²) in [4.78, 5) is 2.34. The van der Waals surface area contributed by atoms with Gasteiger partial charge in [0.05, 0.1) is 11.9 Å². The van der Waals surface area contributed by atoms with Gasteiger partial charge >= 0.3 is 0 Å². The molecule has 0 amide bonds. The first-order valence-electron chi connectivity index (χ1n) is 4.33. The van der Waals surface area contributed by atoms with Gasteiger partial charge in [0.15, 0.2) is 0 Å². The van der Waals surface area contributed by atoms with Gasteiger partial charge in [-0.3, -0.25) is 5.10 Å². The molecule has 0 radical (unpaired) electrons. The van der Waals surface area contributed by atoms with Crippen molar-refractivity contribution < 1.29 is 0 Å². The summed E-state index contributed by atoms with van der Waals surface area (Å²) in [6.07, 6.45) is 3.82. The first kappa shape index (κ1) is 7.61. The Morgan fingerprint density at radius 3 is 3.25 bits per heavy atom. The summed E-state index contributed by atoms with van der Waals surface area (Å²) in [6, 6.07) is 0.577. The molecule has 1 saturated heterocycles. The molecular formula is C8H14N4. The zero-order valence-corrected chi connectivity index (χ0v) is 7.25. The molecule has 1 aliphatic heterocycles. The summed E-state index contributed by atoms with van der Waals surface area (Å²) < 4.78 is 0. The van der Waals surface area contributed by atoms with Crippen LogP contribution in [-0.2, 0) is 0 Å². The fourth-order valence-electron chi connectivity index (χ4n) is 1.58. The Kier molecular flexibility index (Phi) is 1.99. The Labute approximate surface area is 72.0 Å². The standard InChI is InChI=1S/C8H14N4/c1-7-6-12(3-2-9-7)8-4-10-11-5-8/h4-5,7,9H,2-3,6H2,1H3,(H,10,11). The molecule has 0 bridgehead atoms. The number of rotatable bonds is 1. The van der Waals surface area contributed by atoms with Crippen LogP contribution in [0.4, 0.5) is 5.69 Å². The van der Waals surface area contributed by atoms with E-state index in [2.05, 4.69) is 27.3 Å². The molecule has 1 fully saturated rings. The SMILES string of the molecule is CC1CN(c2cn[nH]c2)CCN1. The number of piperazine rings is 1. The van der Waals surface area contributed by atoms with Gasteiger partial charge in [0.1, 0.15) is 0 Å². The van der Waals surface area contributed by atoms with Crippen molar-refractivity contribution in [2.45, 2.75) is 13.0 Å². The summed E-state index contributed by atoms with van der Waals surface area (Å²) in [5.41, 5.74) is 1.20. The van der Waals surface area contributed by atoms with E-state index in [1.54, 1.807) is 0 Å². The van der Waals surface area contributed by atoms with Crippen LogP contribution in [0.2, 0.25) is 0 Å². The number of H-pyrrole nitrogens is 1. The molecule has 4 nitrogen and oxygen atoms in total. The maximum atomic E-state index is 3.94. The van der Waals surface area contributed by atoms with Crippen LogP contribution in [0.3, 0.4) is 0 Å². The molecule has 1 unspecified atom stereocenters. The van der Waals surface area contributed by atoms with E-state index >= 15 is 0 Å². The number of hydrogen-bond acceptors (Lipinski definition) is 3. The molecule has 0 saturated carbocycles. The quantitative estimate of drug-likeness (QED) is 0.626. The van der Waals surface area contributed by atoms with Crippen molar-refractivity contribution in [3.8, 4) is 0 Å². The van der Waals surface area contributed by atoms with Gasteiger partial charge in [-0.05, 0) is 6.92 Å². The lowest BCUT2D eigenvalue weighted by Gasteiger charge is -2.32. The van der Waals surface area contributed by atoms with Crippen molar-refractivity contribution in [1.82, 2.24) is 15.5 Å². The van der Waals surface area contributed by atoms with Crippen LogP contribution in [-0.4, -0.2) is 35.9 Å². The van der Waals surface area contributed by atoms with E-state index in [9.17, 15) is 0 Å². The first-order valence-corrected chi connectivity index (χ1v) is 4.33. The number of aromatic amines is 1. The van der Waals surface area contributed by atoms with Crippen LogP contribution in [0.15, 0.2) is 12.4 Å². The minimum Gasteiger partial charge on any atom is -0.366 e. The van der Waals surface area contributed by atoms with Crippen molar-refractivity contribution in [2.75, 3.05) is 24.5 Å². The second-order valence-electron chi connectivity index (χ2n) is 3.26. The normalized spacial score (nSPS) is 24.4. The fourth-order valence-corrected chi connectivity index (χ4v) is 1.58. The third-order valence-corrected chi connectivity index (χ3v) is 2.22. The summed E-state index contributed by atoms with van der Waals surface area (Å²) in [6.45, 7) is 5.40. The Bertz CT molecular complexity index is 231. The highest BCUT2D eigenvalue weighted by molar-refractivity contribution is 5.42. The van der Waals surface area contributed by atoms with Crippen molar-refractivity contribution in [3.63, 3.8) is 0 Å². The summed E-state index contributed by atoms with van der Waals surface area (Å²) in [7, 11) is 0. The molecule has 12 heavy (non-hydrogen) atoms. The predicted molar refractivity (Wildman–Crippen MR) is 48.3 cm³/mol. The topological polar surface area (TPSA) is 44.0 Å². The zero-order chi connectivity index (χ0) is 8.39. The molecule has 0 spiro atoms. The lowest BCUT2D eigenvalue weighted by atomic mass is 10.2. The molecule has 0 aliphatic carbocycles. The Morgan fingerprint density at radius 1 is 1.67 bits per heavy atom. The van der Waals surface area contributed by atoms with E-state index in [-0.39, 0.29) is 0 Å². The van der Waals surface area contributed by atoms with Crippen LogP contribution in [0.25, 0.3) is 0 Å². The van der Waals surface area contributed by atoms with Crippen molar-refractivity contribution in [3.05, 3.63) is 12.4 Å². The third kappa shape index (κ3) is 1.43. The van der Waals surface area contributed by atoms with Gasteiger partial charge in [-0.1, -0.05) is 0 Å². The minimum atomic E-state index is 0.577. The molecule has 2 N–H and O–H groups in total. The fraction of sp³-hybridized carbons (Fsp3) is 0.625. The monoisotopic (exact) mass is 166 g/mol. The highest BCUT2D eigenvalue weighted by atomic mass is 15.2. The number of anilines is 1. The average molecular weight is 166 g/mol. The van der Waals surface area contributed by atoms with Gasteiger partial charge in [-0.15, -0.1) is 0 Å². The predicted octanol–water partition coefficient (Wildman–Crippen LogP) is 0.208. The third-order valence-electron chi connectivity index (χ3n) is 2.22. The summed E-state index contributed by atoms with van der Waals surface area (Å²) >= 11 is 0.